The van der Waals surface area contributed by atoms with Crippen LogP contribution in [0, 0.1) is 6.92 Å². The summed E-state index contributed by atoms with van der Waals surface area (Å²) in [5, 5.41) is 8.92. The normalized spacial score (nSPS) is 10.1. The van der Waals surface area contributed by atoms with Gasteiger partial charge in [-0.15, -0.1) is 11.6 Å². The lowest BCUT2D eigenvalue weighted by atomic mass is 10.0. The van der Waals surface area contributed by atoms with Crippen LogP contribution in [0.2, 0.25) is 0 Å². The van der Waals surface area contributed by atoms with Crippen molar-refractivity contribution in [3.8, 4) is 0 Å². The summed E-state index contributed by atoms with van der Waals surface area (Å²) >= 11 is 5.58. The summed E-state index contributed by atoms with van der Waals surface area (Å²) < 4.78 is 0. The Morgan fingerprint density at radius 1 is 1.50 bits per heavy atom. The van der Waals surface area contributed by atoms with E-state index in [0.29, 0.717) is 11.4 Å². The van der Waals surface area contributed by atoms with E-state index in [2.05, 4.69) is 0 Å². The largest absolute Gasteiger partial charge is 0.478 e. The van der Waals surface area contributed by atoms with Crippen molar-refractivity contribution in [2.24, 2.45) is 0 Å². The van der Waals surface area contributed by atoms with E-state index >= 15 is 0 Å². The Hall–Kier alpha value is -1.02. The van der Waals surface area contributed by atoms with Crippen molar-refractivity contribution in [2.45, 2.75) is 19.8 Å². The van der Waals surface area contributed by atoms with Gasteiger partial charge in [-0.25, -0.2) is 4.79 Å². The lowest BCUT2D eigenvalue weighted by molar-refractivity contribution is 0.0695. The monoisotopic (exact) mass is 212 g/mol. The van der Waals surface area contributed by atoms with Crippen LogP contribution in [0.4, 0.5) is 0 Å². The molecule has 1 N–H and O–H groups in total. The Labute approximate surface area is 88.5 Å². The Balaban J connectivity index is 2.97. The molecule has 0 saturated carbocycles. The number of benzene rings is 1. The number of halogens is 1. The second kappa shape index (κ2) is 5.01. The van der Waals surface area contributed by atoms with Gasteiger partial charge in [0.1, 0.15) is 0 Å². The lowest BCUT2D eigenvalue weighted by Crippen LogP contribution is -2.03. The van der Waals surface area contributed by atoms with Gasteiger partial charge in [0.2, 0.25) is 0 Å². The van der Waals surface area contributed by atoms with Gasteiger partial charge in [0, 0.05) is 5.88 Å². The topological polar surface area (TPSA) is 37.3 Å². The molecule has 0 unspecified atom stereocenters. The van der Waals surface area contributed by atoms with Gasteiger partial charge in [0.15, 0.2) is 0 Å². The van der Waals surface area contributed by atoms with Crippen molar-refractivity contribution < 1.29 is 9.90 Å². The van der Waals surface area contributed by atoms with Crippen LogP contribution in [0.15, 0.2) is 18.2 Å². The van der Waals surface area contributed by atoms with E-state index in [9.17, 15) is 4.79 Å². The van der Waals surface area contributed by atoms with Gasteiger partial charge in [-0.2, -0.15) is 0 Å². The number of aromatic carboxylic acids is 1. The maximum Gasteiger partial charge on any atom is 0.335 e. The first-order valence-electron chi connectivity index (χ1n) is 4.54. The Kier molecular flexibility index (Phi) is 3.96. The molecule has 0 aliphatic heterocycles. The minimum absolute atomic E-state index is 0.390. The first-order valence-corrected chi connectivity index (χ1v) is 5.07. The van der Waals surface area contributed by atoms with E-state index in [4.69, 9.17) is 16.7 Å². The highest BCUT2D eigenvalue weighted by molar-refractivity contribution is 6.17. The Morgan fingerprint density at radius 2 is 2.21 bits per heavy atom. The van der Waals surface area contributed by atoms with Gasteiger partial charge in [0.25, 0.3) is 0 Å². The molecule has 0 bridgehead atoms. The second-order valence-corrected chi connectivity index (χ2v) is 3.64. The Bertz CT molecular complexity index is 334. The molecule has 3 heteroatoms. The summed E-state index contributed by atoms with van der Waals surface area (Å²) in [7, 11) is 0. The van der Waals surface area contributed by atoms with Crippen LogP contribution < -0.4 is 0 Å². The molecule has 1 aromatic rings. The van der Waals surface area contributed by atoms with E-state index in [0.717, 1.165) is 24.0 Å². The minimum atomic E-state index is -0.866. The number of aryl methyl sites for hydroxylation is 2. The van der Waals surface area contributed by atoms with Crippen molar-refractivity contribution in [1.29, 1.82) is 0 Å². The molecule has 2 nitrogen and oxygen atoms in total. The van der Waals surface area contributed by atoms with Crippen LogP contribution >= 0.6 is 11.6 Å². The fourth-order valence-corrected chi connectivity index (χ4v) is 1.53. The summed E-state index contributed by atoms with van der Waals surface area (Å²) in [6.07, 6.45) is 1.54. The van der Waals surface area contributed by atoms with E-state index in [1.54, 1.807) is 6.07 Å². The van der Waals surface area contributed by atoms with Gasteiger partial charge < -0.3 is 5.11 Å². The number of carboxylic acids is 1. The number of rotatable bonds is 4. The van der Waals surface area contributed by atoms with Crippen molar-refractivity contribution in [3.63, 3.8) is 0 Å². The highest BCUT2D eigenvalue weighted by Crippen LogP contribution is 2.14. The zero-order valence-corrected chi connectivity index (χ0v) is 8.84. The van der Waals surface area contributed by atoms with Crippen LogP contribution in [-0.2, 0) is 6.42 Å². The van der Waals surface area contributed by atoms with E-state index in [1.165, 1.54) is 0 Å². The fourth-order valence-electron chi connectivity index (χ4n) is 1.40. The van der Waals surface area contributed by atoms with Gasteiger partial charge >= 0.3 is 5.97 Å². The van der Waals surface area contributed by atoms with Gasteiger partial charge in [-0.05, 0) is 31.4 Å². The number of hydrogen-bond donors (Lipinski definition) is 1. The predicted octanol–water partition coefficient (Wildman–Crippen LogP) is 2.86. The van der Waals surface area contributed by atoms with Crippen LogP contribution in [0.25, 0.3) is 0 Å². The van der Waals surface area contributed by atoms with Crippen LogP contribution in [0.3, 0.4) is 0 Å². The molecule has 1 rings (SSSR count). The van der Waals surface area contributed by atoms with Crippen molar-refractivity contribution in [2.75, 3.05) is 5.88 Å². The Morgan fingerprint density at radius 3 is 2.79 bits per heavy atom. The molecule has 0 heterocycles. The maximum atomic E-state index is 10.9. The molecule has 0 spiro atoms. The van der Waals surface area contributed by atoms with Crippen molar-refractivity contribution in [1.82, 2.24) is 0 Å². The van der Waals surface area contributed by atoms with E-state index < -0.39 is 5.97 Å². The minimum Gasteiger partial charge on any atom is -0.478 e. The summed E-state index contributed by atoms with van der Waals surface area (Å²) in [6, 6.07) is 5.38. The molecule has 0 saturated heterocycles. The number of hydrogen-bond acceptors (Lipinski definition) is 1. The zero-order valence-electron chi connectivity index (χ0n) is 8.09. The van der Waals surface area contributed by atoms with Crippen LogP contribution in [0.1, 0.15) is 27.9 Å². The number of carbonyl (C=O) groups is 1. The smallest absolute Gasteiger partial charge is 0.335 e. The van der Waals surface area contributed by atoms with Gasteiger partial charge in [-0.3, -0.25) is 0 Å². The molecule has 14 heavy (non-hydrogen) atoms. The molecule has 1 aromatic carbocycles. The van der Waals surface area contributed by atoms with Crippen molar-refractivity contribution >= 4 is 17.6 Å². The molecular weight excluding hydrogens is 200 g/mol. The number of alkyl halides is 1. The summed E-state index contributed by atoms with van der Waals surface area (Å²) in [6.45, 7) is 1.95. The third-order valence-corrected chi connectivity index (χ3v) is 2.34. The lowest BCUT2D eigenvalue weighted by Gasteiger charge is -2.05. The first-order chi connectivity index (χ1) is 6.65. The SMILES string of the molecule is Cc1ccc(C(=O)O)c(CCCCl)c1. The summed E-state index contributed by atoms with van der Waals surface area (Å²) in [4.78, 5) is 10.9. The molecule has 0 aliphatic carbocycles. The van der Waals surface area contributed by atoms with Crippen molar-refractivity contribution in [3.05, 3.63) is 34.9 Å². The zero-order chi connectivity index (χ0) is 10.6. The van der Waals surface area contributed by atoms with E-state index in [-0.39, 0.29) is 0 Å². The van der Waals surface area contributed by atoms with Gasteiger partial charge in [-0.1, -0.05) is 17.7 Å². The highest BCUT2D eigenvalue weighted by Gasteiger charge is 2.08. The quantitative estimate of drug-likeness (QED) is 0.780. The molecule has 76 valence electrons. The second-order valence-electron chi connectivity index (χ2n) is 3.26. The predicted molar refractivity (Wildman–Crippen MR) is 57.2 cm³/mol. The molecule has 0 radical (unpaired) electrons. The van der Waals surface area contributed by atoms with Crippen LogP contribution in [0.5, 0.6) is 0 Å². The molecule has 0 atom stereocenters. The molecule has 0 aliphatic rings. The maximum absolute atomic E-state index is 10.9. The first kappa shape index (κ1) is 11.1. The average molecular weight is 213 g/mol. The fraction of sp³-hybridized carbons (Fsp3) is 0.364. The molecule has 0 fully saturated rings. The average Bonchev–Trinajstić information content (AvgIpc) is 2.14. The van der Waals surface area contributed by atoms with Crippen LogP contribution in [-0.4, -0.2) is 17.0 Å². The third-order valence-electron chi connectivity index (χ3n) is 2.07. The standard InChI is InChI=1S/C11H13ClO2/c1-8-4-5-10(11(13)14)9(7-8)3-2-6-12/h4-5,7H,2-3,6H2,1H3,(H,13,14). The molecule has 0 aromatic heterocycles. The summed E-state index contributed by atoms with van der Waals surface area (Å²) in [5.74, 6) is -0.304. The van der Waals surface area contributed by atoms with E-state index in [1.807, 2.05) is 19.1 Å². The highest BCUT2D eigenvalue weighted by atomic mass is 35.5. The third kappa shape index (κ3) is 2.74. The molecule has 0 amide bonds. The summed E-state index contributed by atoms with van der Waals surface area (Å²) in [5.41, 5.74) is 2.35. The molecular formula is C11H13ClO2. The van der Waals surface area contributed by atoms with Gasteiger partial charge in [0.05, 0.1) is 5.56 Å². The number of carboxylic acid groups (broad SMARTS) is 1.